The molecule has 0 radical (unpaired) electrons. The lowest BCUT2D eigenvalue weighted by Crippen LogP contribution is -2.28. The van der Waals surface area contributed by atoms with Crippen LogP contribution in [0.25, 0.3) is 0 Å². The number of hydrogen-bond donors (Lipinski definition) is 2. The molecule has 1 atom stereocenters. The van der Waals surface area contributed by atoms with E-state index in [1.54, 1.807) is 0 Å². The summed E-state index contributed by atoms with van der Waals surface area (Å²) in [5, 5.41) is 13.0. The molecule has 0 saturated carbocycles. The molecule has 1 fully saturated rings. The minimum absolute atomic E-state index is 0.424. The van der Waals surface area contributed by atoms with Gasteiger partial charge in [-0.1, -0.05) is 12.1 Å². The van der Waals surface area contributed by atoms with Gasteiger partial charge in [0.2, 0.25) is 0 Å². The van der Waals surface area contributed by atoms with E-state index in [0.717, 1.165) is 18.7 Å². The number of phenolic OH excluding ortho intramolecular Hbond substituents is 1. The third-order valence-corrected chi connectivity index (χ3v) is 3.00. The Morgan fingerprint density at radius 3 is 2.93 bits per heavy atom. The van der Waals surface area contributed by atoms with Gasteiger partial charge in [-0.05, 0) is 49.4 Å². The van der Waals surface area contributed by atoms with Crippen LogP contribution in [0.1, 0.15) is 29.9 Å². The highest BCUT2D eigenvalue weighted by Crippen LogP contribution is 2.27. The van der Waals surface area contributed by atoms with Crippen LogP contribution in [-0.4, -0.2) is 18.2 Å². The number of piperidine rings is 1. The van der Waals surface area contributed by atoms with Gasteiger partial charge in [-0.25, -0.2) is 0 Å². The quantitative estimate of drug-likeness (QED) is 0.713. The highest BCUT2D eigenvalue weighted by molar-refractivity contribution is 5.37. The van der Waals surface area contributed by atoms with Crippen LogP contribution in [-0.2, 0) is 0 Å². The van der Waals surface area contributed by atoms with E-state index in [1.165, 1.54) is 18.4 Å². The van der Waals surface area contributed by atoms with Crippen LogP contribution in [0, 0.1) is 6.92 Å². The van der Waals surface area contributed by atoms with Crippen LogP contribution in [0.3, 0.4) is 0 Å². The Labute approximate surface area is 85.0 Å². The predicted octanol–water partition coefficient (Wildman–Crippen LogP) is 2.17. The fourth-order valence-electron chi connectivity index (χ4n) is 2.02. The molecule has 1 aromatic carbocycles. The lowest BCUT2D eigenvalue weighted by molar-refractivity contribution is 0.451. The molecule has 2 nitrogen and oxygen atoms in total. The van der Waals surface area contributed by atoms with E-state index >= 15 is 0 Å². The van der Waals surface area contributed by atoms with Crippen molar-refractivity contribution in [1.82, 2.24) is 5.32 Å². The highest BCUT2D eigenvalue weighted by Gasteiger charge is 2.15. The van der Waals surface area contributed by atoms with Crippen LogP contribution in [0.15, 0.2) is 18.2 Å². The Balaban J connectivity index is 2.18. The third kappa shape index (κ3) is 1.90. The smallest absolute Gasteiger partial charge is 0.118 e. The third-order valence-electron chi connectivity index (χ3n) is 3.00. The van der Waals surface area contributed by atoms with Crippen LogP contribution in [0.2, 0.25) is 0 Å². The first-order valence-electron chi connectivity index (χ1n) is 5.27. The monoisotopic (exact) mass is 191 g/mol. The molecule has 76 valence electrons. The molecule has 1 aromatic rings. The molecule has 1 aliphatic rings. The number of rotatable bonds is 1. The Kier molecular flexibility index (Phi) is 2.73. The zero-order valence-electron chi connectivity index (χ0n) is 8.59. The highest BCUT2D eigenvalue weighted by atomic mass is 16.3. The van der Waals surface area contributed by atoms with Crippen molar-refractivity contribution in [3.05, 3.63) is 29.3 Å². The van der Waals surface area contributed by atoms with E-state index in [2.05, 4.69) is 11.4 Å². The van der Waals surface area contributed by atoms with Gasteiger partial charge >= 0.3 is 0 Å². The molecule has 0 amide bonds. The molecular formula is C12H17NO. The van der Waals surface area contributed by atoms with Gasteiger partial charge in [-0.15, -0.1) is 0 Å². The number of nitrogens with one attached hydrogen (secondary N) is 1. The standard InChI is InChI=1S/C12H17NO/c1-9-4-5-10(7-12(9)14)11-3-2-6-13-8-11/h4-5,7,11,13-14H,2-3,6,8H2,1H3/t11-/m0/s1. The van der Waals surface area contributed by atoms with Crippen LogP contribution < -0.4 is 5.32 Å². The fraction of sp³-hybridized carbons (Fsp3) is 0.500. The number of aryl methyl sites for hydroxylation is 1. The second-order valence-corrected chi connectivity index (χ2v) is 4.09. The molecule has 1 aliphatic heterocycles. The molecule has 2 N–H and O–H groups in total. The first-order valence-corrected chi connectivity index (χ1v) is 5.27. The van der Waals surface area contributed by atoms with Crippen molar-refractivity contribution in [2.24, 2.45) is 0 Å². The summed E-state index contributed by atoms with van der Waals surface area (Å²) in [6.45, 7) is 4.11. The van der Waals surface area contributed by atoms with Crippen LogP contribution in [0.5, 0.6) is 5.75 Å². The van der Waals surface area contributed by atoms with Crippen LogP contribution in [0.4, 0.5) is 0 Å². The summed E-state index contributed by atoms with van der Waals surface area (Å²) >= 11 is 0. The zero-order chi connectivity index (χ0) is 9.97. The molecule has 14 heavy (non-hydrogen) atoms. The zero-order valence-corrected chi connectivity index (χ0v) is 8.59. The minimum atomic E-state index is 0.424. The average molecular weight is 191 g/mol. The second-order valence-electron chi connectivity index (χ2n) is 4.09. The molecule has 0 bridgehead atoms. The van der Waals surface area contributed by atoms with Gasteiger partial charge in [0.25, 0.3) is 0 Å². The Morgan fingerprint density at radius 2 is 2.29 bits per heavy atom. The SMILES string of the molecule is Cc1ccc([C@H]2CCCNC2)cc1O. The van der Waals surface area contributed by atoms with E-state index in [4.69, 9.17) is 0 Å². The second kappa shape index (κ2) is 4.01. The minimum Gasteiger partial charge on any atom is -0.508 e. The van der Waals surface area contributed by atoms with E-state index < -0.39 is 0 Å². The summed E-state index contributed by atoms with van der Waals surface area (Å²) in [6.07, 6.45) is 2.47. The summed E-state index contributed by atoms with van der Waals surface area (Å²) in [5.74, 6) is 1.00. The van der Waals surface area contributed by atoms with Crippen molar-refractivity contribution in [3.8, 4) is 5.75 Å². The molecule has 0 aromatic heterocycles. The number of phenols is 1. The summed E-state index contributed by atoms with van der Waals surface area (Å²) in [6, 6.07) is 6.04. The topological polar surface area (TPSA) is 32.3 Å². The predicted molar refractivity (Wildman–Crippen MR) is 57.7 cm³/mol. The average Bonchev–Trinajstić information content (AvgIpc) is 2.23. The van der Waals surface area contributed by atoms with Crippen molar-refractivity contribution in [2.75, 3.05) is 13.1 Å². The van der Waals surface area contributed by atoms with E-state index in [0.29, 0.717) is 11.7 Å². The van der Waals surface area contributed by atoms with Gasteiger partial charge in [0.05, 0.1) is 0 Å². The van der Waals surface area contributed by atoms with Crippen molar-refractivity contribution in [3.63, 3.8) is 0 Å². The maximum Gasteiger partial charge on any atom is 0.118 e. The van der Waals surface area contributed by atoms with Gasteiger partial charge in [0.1, 0.15) is 5.75 Å². The molecule has 0 unspecified atom stereocenters. The number of benzene rings is 1. The van der Waals surface area contributed by atoms with E-state index in [1.807, 2.05) is 19.1 Å². The van der Waals surface area contributed by atoms with Gasteiger partial charge in [-0.3, -0.25) is 0 Å². The van der Waals surface area contributed by atoms with Gasteiger partial charge in [0, 0.05) is 6.54 Å². The summed E-state index contributed by atoms with van der Waals surface area (Å²) in [7, 11) is 0. The Hall–Kier alpha value is -1.02. The molecule has 1 saturated heterocycles. The van der Waals surface area contributed by atoms with Crippen molar-refractivity contribution >= 4 is 0 Å². The normalized spacial score (nSPS) is 22.2. The molecule has 1 heterocycles. The van der Waals surface area contributed by atoms with Gasteiger partial charge < -0.3 is 10.4 Å². The van der Waals surface area contributed by atoms with E-state index in [-0.39, 0.29) is 0 Å². The number of aromatic hydroxyl groups is 1. The van der Waals surface area contributed by atoms with Crippen molar-refractivity contribution in [2.45, 2.75) is 25.7 Å². The first-order chi connectivity index (χ1) is 6.77. The van der Waals surface area contributed by atoms with Crippen LogP contribution >= 0.6 is 0 Å². The van der Waals surface area contributed by atoms with E-state index in [9.17, 15) is 5.11 Å². The summed E-state index contributed by atoms with van der Waals surface area (Å²) in [5.41, 5.74) is 2.22. The Bertz CT molecular complexity index is 316. The maximum atomic E-state index is 9.61. The molecule has 2 heteroatoms. The summed E-state index contributed by atoms with van der Waals surface area (Å²) in [4.78, 5) is 0. The lowest BCUT2D eigenvalue weighted by atomic mass is 9.91. The molecule has 0 aliphatic carbocycles. The van der Waals surface area contributed by atoms with Gasteiger partial charge in [0.15, 0.2) is 0 Å². The van der Waals surface area contributed by atoms with Crippen molar-refractivity contribution < 1.29 is 5.11 Å². The first kappa shape index (κ1) is 9.53. The number of hydrogen-bond acceptors (Lipinski definition) is 2. The molecule has 2 rings (SSSR count). The molecular weight excluding hydrogens is 174 g/mol. The summed E-state index contributed by atoms with van der Waals surface area (Å²) < 4.78 is 0. The van der Waals surface area contributed by atoms with Gasteiger partial charge in [-0.2, -0.15) is 0 Å². The fourth-order valence-corrected chi connectivity index (χ4v) is 2.02. The van der Waals surface area contributed by atoms with Crippen molar-refractivity contribution in [1.29, 1.82) is 0 Å². The maximum absolute atomic E-state index is 9.61. The lowest BCUT2D eigenvalue weighted by Gasteiger charge is -2.23. The molecule has 0 spiro atoms. The largest absolute Gasteiger partial charge is 0.508 e. The Morgan fingerprint density at radius 1 is 1.43 bits per heavy atom.